The summed E-state index contributed by atoms with van der Waals surface area (Å²) in [5, 5.41) is 0. The summed E-state index contributed by atoms with van der Waals surface area (Å²) < 4.78 is 81.0. The summed E-state index contributed by atoms with van der Waals surface area (Å²) in [7, 11) is 0. The molecule has 0 saturated carbocycles. The molecule has 2 aromatic rings. The second kappa shape index (κ2) is 5.27. The van der Waals surface area contributed by atoms with Crippen molar-refractivity contribution in [1.82, 2.24) is 4.98 Å². The van der Waals surface area contributed by atoms with Crippen molar-refractivity contribution in [1.29, 1.82) is 0 Å². The van der Waals surface area contributed by atoms with Gasteiger partial charge in [0.15, 0.2) is 0 Å². The Morgan fingerprint density at radius 3 is 2.19 bits per heavy atom. The van der Waals surface area contributed by atoms with Crippen molar-refractivity contribution in [2.75, 3.05) is 0 Å². The van der Waals surface area contributed by atoms with Gasteiger partial charge in [0.1, 0.15) is 11.5 Å². The minimum absolute atomic E-state index is 0.126. The maximum atomic E-state index is 12.8. The van der Waals surface area contributed by atoms with Crippen LogP contribution >= 0.6 is 0 Å². The van der Waals surface area contributed by atoms with Crippen LogP contribution in [0.15, 0.2) is 36.5 Å². The fraction of sp³-hybridized carbons (Fsp3) is 0.154. The first-order valence-corrected chi connectivity index (χ1v) is 5.46. The summed E-state index contributed by atoms with van der Waals surface area (Å²) in [6.07, 6.45) is -6.20. The number of pyridine rings is 1. The van der Waals surface area contributed by atoms with Crippen LogP contribution in [0.5, 0.6) is 11.5 Å². The molecule has 0 bridgehead atoms. The lowest BCUT2D eigenvalue weighted by molar-refractivity contribution is -0.142. The first kappa shape index (κ1) is 15.1. The highest BCUT2D eigenvalue weighted by atomic mass is 19.4. The molecule has 1 heterocycles. The van der Waals surface area contributed by atoms with Gasteiger partial charge in [0.2, 0.25) is 0 Å². The molecule has 0 atom stereocenters. The van der Waals surface area contributed by atoms with E-state index in [4.69, 9.17) is 4.74 Å². The summed E-state index contributed by atoms with van der Waals surface area (Å²) in [4.78, 5) is 3.49. The predicted octanol–water partition coefficient (Wildman–Crippen LogP) is 4.71. The molecule has 8 heteroatoms. The molecule has 21 heavy (non-hydrogen) atoms. The topological polar surface area (TPSA) is 22.1 Å². The summed E-state index contributed by atoms with van der Waals surface area (Å²) in [6, 6.07) is 3.48. The minimum Gasteiger partial charge on any atom is -0.455 e. The van der Waals surface area contributed by atoms with Crippen LogP contribution in [0, 0.1) is 6.20 Å². The van der Waals surface area contributed by atoms with E-state index in [9.17, 15) is 26.3 Å². The maximum Gasteiger partial charge on any atom is 0.419 e. The fourth-order valence-corrected chi connectivity index (χ4v) is 1.51. The van der Waals surface area contributed by atoms with E-state index in [1.54, 1.807) is 0 Å². The average Bonchev–Trinajstić information content (AvgIpc) is 2.37. The van der Waals surface area contributed by atoms with Crippen LogP contribution in [0.1, 0.15) is 11.1 Å². The van der Waals surface area contributed by atoms with Gasteiger partial charge in [-0.05, 0) is 30.3 Å². The molecule has 0 spiro atoms. The number of alkyl halides is 6. The molecule has 0 fully saturated rings. The third-order valence-electron chi connectivity index (χ3n) is 2.43. The first-order valence-electron chi connectivity index (χ1n) is 5.46. The van der Waals surface area contributed by atoms with E-state index in [-0.39, 0.29) is 5.75 Å². The Bertz CT molecular complexity index is 621. The molecular weight excluding hydrogens is 300 g/mol. The SMILES string of the molecule is FC(F)(F)c1ccc(C(F)(F)F)c(Oc2cc[c]nc2)c1. The van der Waals surface area contributed by atoms with Crippen LogP contribution < -0.4 is 4.74 Å². The molecule has 111 valence electrons. The minimum atomic E-state index is -4.84. The highest BCUT2D eigenvalue weighted by Gasteiger charge is 2.38. The van der Waals surface area contributed by atoms with Gasteiger partial charge < -0.3 is 4.74 Å². The Morgan fingerprint density at radius 2 is 1.67 bits per heavy atom. The summed E-state index contributed by atoms with van der Waals surface area (Å²) in [5.41, 5.74) is -2.54. The monoisotopic (exact) mass is 306 g/mol. The Labute approximate surface area is 115 Å². The number of aromatic nitrogens is 1. The molecule has 0 aliphatic carbocycles. The zero-order valence-corrected chi connectivity index (χ0v) is 10.1. The number of rotatable bonds is 2. The predicted molar refractivity (Wildman–Crippen MR) is 59.6 cm³/mol. The quantitative estimate of drug-likeness (QED) is 0.750. The van der Waals surface area contributed by atoms with Crippen molar-refractivity contribution in [3.63, 3.8) is 0 Å². The number of nitrogens with zero attached hydrogens (tertiary/aromatic N) is 1. The summed E-state index contributed by atoms with van der Waals surface area (Å²) >= 11 is 0. The Hall–Kier alpha value is -2.25. The standard InChI is InChI=1S/C13H6F6NO/c14-12(15,16)8-3-4-10(13(17,18)19)11(6-8)21-9-2-1-5-20-7-9/h1-4,6-7H. The molecule has 1 aromatic carbocycles. The highest BCUT2D eigenvalue weighted by Crippen LogP contribution is 2.41. The van der Waals surface area contributed by atoms with E-state index in [1.807, 2.05) is 0 Å². The number of ether oxygens (including phenoxy) is 1. The molecule has 0 aliphatic rings. The number of benzene rings is 1. The van der Waals surface area contributed by atoms with Gasteiger partial charge in [-0.25, -0.2) is 0 Å². The lowest BCUT2D eigenvalue weighted by atomic mass is 10.1. The molecule has 2 rings (SSSR count). The van der Waals surface area contributed by atoms with Crippen molar-refractivity contribution in [3.05, 3.63) is 53.9 Å². The zero-order chi connectivity index (χ0) is 15.7. The van der Waals surface area contributed by atoms with E-state index in [0.29, 0.717) is 18.2 Å². The molecular formula is C13H6F6NO. The summed E-state index contributed by atoms with van der Waals surface area (Å²) in [6.45, 7) is 0. The molecule has 0 N–H and O–H groups in total. The van der Waals surface area contributed by atoms with Crippen molar-refractivity contribution in [2.45, 2.75) is 12.4 Å². The van der Waals surface area contributed by atoms with Gasteiger partial charge in [-0.2, -0.15) is 26.3 Å². The first-order chi connectivity index (χ1) is 9.68. The van der Waals surface area contributed by atoms with Crippen LogP contribution in [0.2, 0.25) is 0 Å². The van der Waals surface area contributed by atoms with Crippen LogP contribution in [0.25, 0.3) is 0 Å². The van der Waals surface area contributed by atoms with Crippen molar-refractivity contribution >= 4 is 0 Å². The van der Waals surface area contributed by atoms with Gasteiger partial charge in [0.25, 0.3) is 0 Å². The van der Waals surface area contributed by atoms with Gasteiger partial charge in [0.05, 0.1) is 23.5 Å². The van der Waals surface area contributed by atoms with Crippen LogP contribution in [0.3, 0.4) is 0 Å². The van der Waals surface area contributed by atoms with E-state index < -0.39 is 29.2 Å². The fourth-order valence-electron chi connectivity index (χ4n) is 1.51. The van der Waals surface area contributed by atoms with E-state index in [0.717, 1.165) is 6.20 Å². The Morgan fingerprint density at radius 1 is 0.952 bits per heavy atom. The normalized spacial score (nSPS) is 12.3. The smallest absolute Gasteiger partial charge is 0.419 e. The van der Waals surface area contributed by atoms with E-state index >= 15 is 0 Å². The van der Waals surface area contributed by atoms with Gasteiger partial charge in [-0.1, -0.05) is 0 Å². The second-order valence-electron chi connectivity index (χ2n) is 3.93. The molecule has 1 radical (unpaired) electrons. The molecule has 0 aliphatic heterocycles. The van der Waals surface area contributed by atoms with Crippen LogP contribution in [-0.4, -0.2) is 4.98 Å². The Kier molecular flexibility index (Phi) is 3.80. The van der Waals surface area contributed by atoms with Crippen molar-refractivity contribution in [2.24, 2.45) is 0 Å². The van der Waals surface area contributed by atoms with Crippen LogP contribution in [-0.2, 0) is 12.4 Å². The number of hydrogen-bond acceptors (Lipinski definition) is 2. The third kappa shape index (κ3) is 3.65. The molecule has 2 nitrogen and oxygen atoms in total. The third-order valence-corrected chi connectivity index (χ3v) is 2.43. The summed E-state index contributed by atoms with van der Waals surface area (Å²) in [5.74, 6) is -1.07. The van der Waals surface area contributed by atoms with E-state index in [2.05, 4.69) is 11.2 Å². The molecule has 1 aromatic heterocycles. The van der Waals surface area contributed by atoms with Crippen molar-refractivity contribution in [3.8, 4) is 11.5 Å². The van der Waals surface area contributed by atoms with Gasteiger partial charge in [-0.15, -0.1) is 0 Å². The maximum absolute atomic E-state index is 12.8. The zero-order valence-electron chi connectivity index (χ0n) is 10.1. The van der Waals surface area contributed by atoms with Gasteiger partial charge in [-0.3, -0.25) is 4.98 Å². The Balaban J connectivity index is 2.49. The number of hydrogen-bond donors (Lipinski definition) is 0. The number of halogens is 6. The average molecular weight is 306 g/mol. The van der Waals surface area contributed by atoms with Crippen LogP contribution in [0.4, 0.5) is 26.3 Å². The molecule has 0 unspecified atom stereocenters. The van der Waals surface area contributed by atoms with Gasteiger partial charge in [0, 0.05) is 0 Å². The highest BCUT2D eigenvalue weighted by molar-refractivity contribution is 5.42. The lowest BCUT2D eigenvalue weighted by Crippen LogP contribution is -2.10. The second-order valence-corrected chi connectivity index (χ2v) is 3.93. The lowest BCUT2D eigenvalue weighted by Gasteiger charge is -2.16. The largest absolute Gasteiger partial charge is 0.455 e. The van der Waals surface area contributed by atoms with Crippen molar-refractivity contribution < 1.29 is 31.1 Å². The van der Waals surface area contributed by atoms with E-state index in [1.165, 1.54) is 12.1 Å². The van der Waals surface area contributed by atoms with Gasteiger partial charge >= 0.3 is 12.4 Å². The molecule has 0 saturated heterocycles. The molecule has 0 amide bonds.